The fourth-order valence-corrected chi connectivity index (χ4v) is 3.58. The summed E-state index contributed by atoms with van der Waals surface area (Å²) < 4.78 is 27.3. The van der Waals surface area contributed by atoms with Gasteiger partial charge >= 0.3 is 13.1 Å². The Kier molecular flexibility index (Phi) is 6.50. The lowest BCUT2D eigenvalue weighted by Gasteiger charge is -2.35. The molecule has 0 spiro atoms. The Labute approximate surface area is 163 Å². The highest BCUT2D eigenvalue weighted by molar-refractivity contribution is 6.53. The Morgan fingerprint density at radius 2 is 1.63 bits per heavy atom. The first-order valence-corrected chi connectivity index (χ1v) is 9.92. The summed E-state index contributed by atoms with van der Waals surface area (Å²) in [5.41, 5.74) is -1.14. The van der Waals surface area contributed by atoms with E-state index in [1.165, 1.54) is 0 Å². The highest BCUT2D eigenvalue weighted by Crippen LogP contribution is 2.41. The molecule has 0 aromatic rings. The average Bonchev–Trinajstić information content (AvgIpc) is 2.72. The molecule has 0 aromatic carbocycles. The molecule has 0 aliphatic carbocycles. The Morgan fingerprint density at radius 1 is 1.15 bits per heavy atom. The number of likely N-dealkylation sites (tertiary alicyclic amines) is 1. The van der Waals surface area contributed by atoms with E-state index < -0.39 is 24.3 Å². The average molecular weight is 383 g/mol. The predicted octanol–water partition coefficient (Wildman–Crippen LogP) is 4.07. The molecule has 2 aliphatic rings. The number of carboxylic acid groups (broad SMARTS) is 1. The Hall–Kier alpha value is -0.915. The van der Waals surface area contributed by atoms with Crippen molar-refractivity contribution < 1.29 is 23.6 Å². The summed E-state index contributed by atoms with van der Waals surface area (Å²) in [5, 5.41) is 8.96. The topological polar surface area (TPSA) is 59.0 Å². The van der Waals surface area contributed by atoms with E-state index in [1.54, 1.807) is 0 Å². The van der Waals surface area contributed by atoms with Crippen molar-refractivity contribution in [2.24, 2.45) is 11.3 Å². The third kappa shape index (κ3) is 5.33. The van der Waals surface area contributed by atoms with Gasteiger partial charge in [-0.15, -0.1) is 0 Å². The first kappa shape index (κ1) is 22.4. The van der Waals surface area contributed by atoms with E-state index >= 15 is 4.39 Å². The first-order chi connectivity index (χ1) is 12.2. The van der Waals surface area contributed by atoms with Gasteiger partial charge in [0.15, 0.2) is 0 Å². The monoisotopic (exact) mass is 383 g/mol. The van der Waals surface area contributed by atoms with Crippen LogP contribution in [0.1, 0.15) is 67.7 Å². The molecule has 5 nitrogen and oxygen atoms in total. The summed E-state index contributed by atoms with van der Waals surface area (Å²) in [4.78, 5) is 13.1. The SMILES string of the molecule is CC(C)(C)C(CN1CCC(CC(=O)O)CC1)=C(F)B1OC(C)(C)C(C)(C)O1. The van der Waals surface area contributed by atoms with E-state index in [0.717, 1.165) is 25.9 Å². The zero-order chi connectivity index (χ0) is 20.6. The van der Waals surface area contributed by atoms with E-state index in [2.05, 4.69) is 4.90 Å². The standard InChI is InChI=1S/C20H35BFNO4/c1-18(2,3)15(13-23-10-8-14(9-11-23)12-16(24)25)17(22)21-26-19(4,5)20(6,7)27-21/h14H,8-13H2,1-7H3,(H,24,25). The van der Waals surface area contributed by atoms with Crippen molar-refractivity contribution in [1.82, 2.24) is 4.90 Å². The van der Waals surface area contributed by atoms with Gasteiger partial charge < -0.3 is 14.4 Å². The molecule has 2 saturated heterocycles. The minimum Gasteiger partial charge on any atom is -0.481 e. The van der Waals surface area contributed by atoms with Crippen molar-refractivity contribution in [3.63, 3.8) is 0 Å². The smallest absolute Gasteiger partial charge is 0.481 e. The molecule has 2 aliphatic heterocycles. The number of hydrogen-bond acceptors (Lipinski definition) is 4. The van der Waals surface area contributed by atoms with E-state index in [9.17, 15) is 4.79 Å². The van der Waals surface area contributed by atoms with E-state index in [-0.39, 0.29) is 23.5 Å². The zero-order valence-electron chi connectivity index (χ0n) is 17.9. The lowest BCUT2D eigenvalue weighted by atomic mass is 9.75. The second-order valence-corrected chi connectivity index (χ2v) is 9.98. The summed E-state index contributed by atoms with van der Waals surface area (Å²) in [5.74, 6) is -0.524. The molecule has 0 saturated carbocycles. The number of carboxylic acids is 1. The number of carbonyl (C=O) groups is 1. The van der Waals surface area contributed by atoms with Crippen molar-refractivity contribution in [2.75, 3.05) is 19.6 Å². The number of hydrogen-bond donors (Lipinski definition) is 1. The summed E-state index contributed by atoms with van der Waals surface area (Å²) in [6, 6.07) is 0. The van der Waals surface area contributed by atoms with E-state index in [1.807, 2.05) is 48.5 Å². The number of halogens is 1. The van der Waals surface area contributed by atoms with Crippen molar-refractivity contribution in [3.05, 3.63) is 11.3 Å². The molecular formula is C20H35BFNO4. The normalized spacial score (nSPS) is 24.8. The third-order valence-corrected chi connectivity index (χ3v) is 6.21. The van der Waals surface area contributed by atoms with Gasteiger partial charge in [0.25, 0.3) is 0 Å². The molecule has 7 heteroatoms. The second kappa shape index (κ2) is 7.84. The van der Waals surface area contributed by atoms with Crippen LogP contribution < -0.4 is 0 Å². The highest BCUT2D eigenvalue weighted by Gasteiger charge is 2.54. The van der Waals surface area contributed by atoms with E-state index in [4.69, 9.17) is 14.4 Å². The van der Waals surface area contributed by atoms with Crippen LogP contribution in [0.15, 0.2) is 11.3 Å². The van der Waals surface area contributed by atoms with Crippen LogP contribution in [-0.2, 0) is 14.1 Å². The quantitative estimate of drug-likeness (QED) is 0.726. The fourth-order valence-electron chi connectivity index (χ4n) is 3.58. The van der Waals surface area contributed by atoms with Crippen LogP contribution in [0.25, 0.3) is 0 Å². The van der Waals surface area contributed by atoms with Crippen molar-refractivity contribution in [1.29, 1.82) is 0 Å². The lowest BCUT2D eigenvalue weighted by Crippen LogP contribution is -2.41. The Morgan fingerprint density at radius 3 is 2.04 bits per heavy atom. The number of nitrogens with zero attached hydrogens (tertiary/aromatic N) is 1. The molecular weight excluding hydrogens is 348 g/mol. The van der Waals surface area contributed by atoms with Crippen LogP contribution in [0.5, 0.6) is 0 Å². The number of piperidine rings is 1. The molecule has 2 heterocycles. The maximum Gasteiger partial charge on any atom is 0.525 e. The Bertz CT molecular complexity index is 573. The summed E-state index contributed by atoms with van der Waals surface area (Å²) in [6.07, 6.45) is 1.89. The number of aliphatic carboxylic acids is 1. The van der Waals surface area contributed by atoms with E-state index in [0.29, 0.717) is 12.1 Å². The molecule has 0 atom stereocenters. The predicted molar refractivity (Wildman–Crippen MR) is 105 cm³/mol. The fraction of sp³-hybridized carbons (Fsp3) is 0.850. The number of rotatable bonds is 5. The molecule has 0 aromatic heterocycles. The molecule has 0 amide bonds. The van der Waals surface area contributed by atoms with Gasteiger partial charge in [-0.3, -0.25) is 9.69 Å². The first-order valence-electron chi connectivity index (χ1n) is 9.92. The largest absolute Gasteiger partial charge is 0.525 e. The summed E-state index contributed by atoms with van der Waals surface area (Å²) in [6.45, 7) is 15.8. The van der Waals surface area contributed by atoms with Gasteiger partial charge in [-0.05, 0) is 70.5 Å². The van der Waals surface area contributed by atoms with Crippen molar-refractivity contribution >= 4 is 13.1 Å². The second-order valence-electron chi connectivity index (χ2n) is 9.98. The molecule has 27 heavy (non-hydrogen) atoms. The minimum absolute atomic E-state index is 0.216. The summed E-state index contributed by atoms with van der Waals surface area (Å²) in [7, 11) is -0.978. The molecule has 154 valence electrons. The minimum atomic E-state index is -0.978. The molecule has 1 N–H and O–H groups in total. The maximum atomic E-state index is 15.5. The van der Waals surface area contributed by atoms with Gasteiger partial charge in [-0.2, -0.15) is 0 Å². The van der Waals surface area contributed by atoms with Gasteiger partial charge in [-0.1, -0.05) is 20.8 Å². The van der Waals surface area contributed by atoms with Gasteiger partial charge in [-0.25, -0.2) is 4.39 Å². The van der Waals surface area contributed by atoms with Crippen LogP contribution in [0, 0.1) is 11.3 Å². The molecule has 0 bridgehead atoms. The summed E-state index contributed by atoms with van der Waals surface area (Å²) >= 11 is 0. The van der Waals surface area contributed by atoms with Crippen LogP contribution in [0.3, 0.4) is 0 Å². The molecule has 0 unspecified atom stereocenters. The molecule has 2 rings (SSSR count). The zero-order valence-corrected chi connectivity index (χ0v) is 17.9. The third-order valence-electron chi connectivity index (χ3n) is 6.21. The van der Waals surface area contributed by atoms with Gasteiger partial charge in [0.05, 0.1) is 11.2 Å². The molecule has 2 fully saturated rings. The Balaban J connectivity index is 2.12. The maximum absolute atomic E-state index is 15.5. The highest BCUT2D eigenvalue weighted by atomic mass is 19.1. The van der Waals surface area contributed by atoms with Gasteiger partial charge in [0, 0.05) is 13.0 Å². The van der Waals surface area contributed by atoms with Gasteiger partial charge in [0.1, 0.15) is 5.73 Å². The van der Waals surface area contributed by atoms with Crippen LogP contribution in [0.4, 0.5) is 4.39 Å². The lowest BCUT2D eigenvalue weighted by molar-refractivity contribution is -0.138. The van der Waals surface area contributed by atoms with Crippen LogP contribution in [0.2, 0.25) is 0 Å². The van der Waals surface area contributed by atoms with Crippen molar-refractivity contribution in [3.8, 4) is 0 Å². The molecule has 0 radical (unpaired) electrons. The van der Waals surface area contributed by atoms with Gasteiger partial charge in [0.2, 0.25) is 0 Å². The van der Waals surface area contributed by atoms with Crippen LogP contribution in [-0.4, -0.2) is 53.9 Å². The van der Waals surface area contributed by atoms with Crippen LogP contribution >= 0.6 is 0 Å². The van der Waals surface area contributed by atoms with Crippen molar-refractivity contribution in [2.45, 2.75) is 78.9 Å².